The molecule has 1 atom stereocenters. The first-order valence-corrected chi connectivity index (χ1v) is 12.5. The Hall–Kier alpha value is -1.68. The van der Waals surface area contributed by atoms with E-state index >= 15 is 0 Å². The molecule has 1 unspecified atom stereocenters. The highest BCUT2D eigenvalue weighted by Gasteiger charge is 2.31. The molecule has 0 spiro atoms. The van der Waals surface area contributed by atoms with Crippen LogP contribution in [-0.2, 0) is 14.8 Å². The molecule has 8 nitrogen and oxygen atoms in total. The lowest BCUT2D eigenvalue weighted by atomic mass is 10.2. The van der Waals surface area contributed by atoms with E-state index in [4.69, 9.17) is 0 Å². The number of hydrogen-bond acceptors (Lipinski definition) is 6. The van der Waals surface area contributed by atoms with Crippen molar-refractivity contribution >= 4 is 21.6 Å². The minimum Gasteiger partial charge on any atom is -0.369 e. The highest BCUT2D eigenvalue weighted by molar-refractivity contribution is 7.89. The quantitative estimate of drug-likeness (QED) is 0.722. The molecule has 30 heavy (non-hydrogen) atoms. The Kier molecular flexibility index (Phi) is 6.62. The van der Waals surface area contributed by atoms with E-state index < -0.39 is 10.0 Å². The minimum absolute atomic E-state index is 0.0518. The third-order valence-corrected chi connectivity index (χ3v) is 8.43. The zero-order chi connectivity index (χ0) is 21.1. The summed E-state index contributed by atoms with van der Waals surface area (Å²) in [6.07, 6.45) is 2.23. The molecule has 3 aliphatic heterocycles. The normalized spacial score (nSPS) is 24.4. The number of rotatable bonds is 5. The molecule has 1 aromatic rings. The minimum atomic E-state index is -3.50. The van der Waals surface area contributed by atoms with Crippen LogP contribution in [0.2, 0.25) is 0 Å². The summed E-state index contributed by atoms with van der Waals surface area (Å²) in [5, 5.41) is 3.24. The summed E-state index contributed by atoms with van der Waals surface area (Å²) < 4.78 is 27.9. The SMILES string of the molecule is CC1CNCCN1S(=O)(=O)c1cccc(N2CCN(CC(=O)N3CCCC3)CC2)c1. The van der Waals surface area contributed by atoms with Crippen LogP contribution in [0, 0.1) is 0 Å². The van der Waals surface area contributed by atoms with Crippen molar-refractivity contribution in [2.45, 2.75) is 30.7 Å². The number of amides is 1. The van der Waals surface area contributed by atoms with Crippen molar-refractivity contribution < 1.29 is 13.2 Å². The third kappa shape index (κ3) is 4.64. The zero-order valence-electron chi connectivity index (χ0n) is 17.8. The largest absolute Gasteiger partial charge is 0.369 e. The molecule has 0 saturated carbocycles. The number of benzene rings is 1. The van der Waals surface area contributed by atoms with E-state index in [2.05, 4.69) is 15.1 Å². The molecule has 4 rings (SSSR count). The third-order valence-electron chi connectivity index (χ3n) is 6.42. The monoisotopic (exact) mass is 435 g/mol. The van der Waals surface area contributed by atoms with Crippen molar-refractivity contribution in [3.63, 3.8) is 0 Å². The molecule has 3 heterocycles. The lowest BCUT2D eigenvalue weighted by molar-refractivity contribution is -0.131. The lowest BCUT2D eigenvalue weighted by Gasteiger charge is -2.37. The van der Waals surface area contributed by atoms with Crippen LogP contribution in [0.15, 0.2) is 29.2 Å². The number of sulfonamides is 1. The Morgan fingerprint density at radius 2 is 1.80 bits per heavy atom. The van der Waals surface area contributed by atoms with Crippen LogP contribution in [0.25, 0.3) is 0 Å². The predicted molar refractivity (Wildman–Crippen MR) is 117 cm³/mol. The van der Waals surface area contributed by atoms with Crippen LogP contribution in [-0.4, -0.2) is 99.9 Å². The maximum Gasteiger partial charge on any atom is 0.243 e. The second kappa shape index (κ2) is 9.21. The van der Waals surface area contributed by atoms with Gasteiger partial charge in [-0.3, -0.25) is 9.69 Å². The number of likely N-dealkylation sites (tertiary alicyclic amines) is 1. The Morgan fingerprint density at radius 3 is 2.50 bits per heavy atom. The topological polar surface area (TPSA) is 76.2 Å². The van der Waals surface area contributed by atoms with Crippen molar-refractivity contribution in [2.75, 3.05) is 70.3 Å². The van der Waals surface area contributed by atoms with Crippen molar-refractivity contribution in [2.24, 2.45) is 0 Å². The van der Waals surface area contributed by atoms with Crippen LogP contribution in [0.5, 0.6) is 0 Å². The number of nitrogens with zero attached hydrogens (tertiary/aromatic N) is 4. The molecule has 1 amide bonds. The van der Waals surface area contributed by atoms with Crippen LogP contribution in [0.3, 0.4) is 0 Å². The first kappa shape index (κ1) is 21.5. The van der Waals surface area contributed by atoms with Gasteiger partial charge < -0.3 is 15.1 Å². The number of carbonyl (C=O) groups excluding carboxylic acids is 1. The molecule has 0 bridgehead atoms. The summed E-state index contributed by atoms with van der Waals surface area (Å²) in [5.74, 6) is 0.235. The van der Waals surface area contributed by atoms with Crippen molar-refractivity contribution in [1.29, 1.82) is 0 Å². The standard InChI is InChI=1S/C21H33N5O3S/c1-18-16-22-7-10-26(18)30(28,29)20-6-4-5-19(15-20)24-13-11-23(12-14-24)17-21(27)25-8-2-3-9-25/h4-6,15,18,22H,2-3,7-14,16-17H2,1H3. The smallest absolute Gasteiger partial charge is 0.243 e. The molecular weight excluding hydrogens is 402 g/mol. The van der Waals surface area contributed by atoms with Crippen LogP contribution >= 0.6 is 0 Å². The lowest BCUT2D eigenvalue weighted by Crippen LogP contribution is -2.52. The summed E-state index contributed by atoms with van der Waals surface area (Å²) >= 11 is 0. The summed E-state index contributed by atoms with van der Waals surface area (Å²) in [6, 6.07) is 7.25. The molecule has 1 aromatic carbocycles. The van der Waals surface area contributed by atoms with Gasteiger partial charge in [-0.1, -0.05) is 6.07 Å². The van der Waals surface area contributed by atoms with Gasteiger partial charge >= 0.3 is 0 Å². The second-order valence-corrected chi connectivity index (χ2v) is 10.4. The molecule has 166 valence electrons. The van der Waals surface area contributed by atoms with Gasteiger partial charge in [0.25, 0.3) is 0 Å². The fraction of sp³-hybridized carbons (Fsp3) is 0.667. The van der Waals surface area contributed by atoms with Gasteiger partial charge in [0.2, 0.25) is 15.9 Å². The Labute approximate surface area is 179 Å². The molecule has 1 N–H and O–H groups in total. The van der Waals surface area contributed by atoms with E-state index in [1.54, 1.807) is 16.4 Å². The predicted octanol–water partition coefficient (Wildman–Crippen LogP) is 0.413. The molecule has 3 aliphatic rings. The van der Waals surface area contributed by atoms with Crippen molar-refractivity contribution in [3.05, 3.63) is 24.3 Å². The average molecular weight is 436 g/mol. The van der Waals surface area contributed by atoms with Gasteiger partial charge in [-0.05, 0) is 38.0 Å². The molecule has 0 aliphatic carbocycles. The molecule has 0 radical (unpaired) electrons. The van der Waals surface area contributed by atoms with Crippen molar-refractivity contribution in [3.8, 4) is 0 Å². The van der Waals surface area contributed by atoms with E-state index in [1.165, 1.54) is 0 Å². The van der Waals surface area contributed by atoms with E-state index in [9.17, 15) is 13.2 Å². The maximum atomic E-state index is 13.2. The molecule has 9 heteroatoms. The Balaban J connectivity index is 1.38. The average Bonchev–Trinajstić information content (AvgIpc) is 3.30. The van der Waals surface area contributed by atoms with Gasteiger partial charge in [0.15, 0.2) is 0 Å². The van der Waals surface area contributed by atoms with Gasteiger partial charge in [-0.2, -0.15) is 4.31 Å². The summed E-state index contributed by atoms with van der Waals surface area (Å²) in [5.41, 5.74) is 0.935. The van der Waals surface area contributed by atoms with Crippen LogP contribution in [0.4, 0.5) is 5.69 Å². The van der Waals surface area contributed by atoms with Gasteiger partial charge in [-0.25, -0.2) is 8.42 Å². The number of nitrogens with one attached hydrogen (secondary N) is 1. The summed E-state index contributed by atoms with van der Waals surface area (Å²) in [7, 11) is -3.50. The molecule has 3 saturated heterocycles. The van der Waals surface area contributed by atoms with Crippen LogP contribution < -0.4 is 10.2 Å². The molecule has 0 aromatic heterocycles. The summed E-state index contributed by atoms with van der Waals surface area (Å²) in [6.45, 7) is 9.28. The van der Waals surface area contributed by atoms with Crippen LogP contribution in [0.1, 0.15) is 19.8 Å². The second-order valence-electron chi connectivity index (χ2n) is 8.52. The fourth-order valence-electron chi connectivity index (χ4n) is 4.58. The first-order chi connectivity index (χ1) is 14.4. The van der Waals surface area contributed by atoms with E-state index in [-0.39, 0.29) is 11.9 Å². The fourth-order valence-corrected chi connectivity index (χ4v) is 6.25. The molecular formula is C21H33N5O3S. The Morgan fingerprint density at radius 1 is 1.07 bits per heavy atom. The highest BCUT2D eigenvalue weighted by Crippen LogP contribution is 2.25. The number of hydrogen-bond donors (Lipinski definition) is 1. The van der Waals surface area contributed by atoms with Gasteiger partial charge in [0.05, 0.1) is 11.4 Å². The summed E-state index contributed by atoms with van der Waals surface area (Å²) in [4.78, 5) is 19.2. The van der Waals surface area contributed by atoms with E-state index in [1.807, 2.05) is 24.0 Å². The van der Waals surface area contributed by atoms with E-state index in [0.29, 0.717) is 31.1 Å². The Bertz CT molecular complexity index is 848. The van der Waals surface area contributed by atoms with E-state index in [0.717, 1.165) is 57.8 Å². The first-order valence-electron chi connectivity index (χ1n) is 11.0. The number of anilines is 1. The maximum absolute atomic E-state index is 13.2. The zero-order valence-corrected chi connectivity index (χ0v) is 18.6. The van der Waals surface area contributed by atoms with Crippen molar-refractivity contribution in [1.82, 2.24) is 19.4 Å². The number of piperazine rings is 2. The van der Waals surface area contributed by atoms with Gasteiger partial charge in [0.1, 0.15) is 0 Å². The van der Waals surface area contributed by atoms with Gasteiger partial charge in [0, 0.05) is 70.6 Å². The number of carbonyl (C=O) groups is 1. The molecule has 3 fully saturated rings. The van der Waals surface area contributed by atoms with Gasteiger partial charge in [-0.15, -0.1) is 0 Å². The highest BCUT2D eigenvalue weighted by atomic mass is 32.2.